The quantitative estimate of drug-likeness (QED) is 0.191. The van der Waals surface area contributed by atoms with E-state index in [4.69, 9.17) is 4.74 Å². The van der Waals surface area contributed by atoms with Crippen LogP contribution < -0.4 is 16.0 Å². The maximum atomic E-state index is 14.1. The van der Waals surface area contributed by atoms with Crippen LogP contribution in [0, 0.1) is 5.92 Å². The molecule has 12 nitrogen and oxygen atoms in total. The van der Waals surface area contributed by atoms with Crippen LogP contribution in [0.25, 0.3) is 22.4 Å². The molecular formula is C39H42ClF2N7O5. The fourth-order valence-electron chi connectivity index (χ4n) is 8.45. The number of carbonyl (C=O) groups is 4. The number of aromatic amines is 1. The normalized spacial score (nSPS) is 24.2. The van der Waals surface area contributed by atoms with Gasteiger partial charge in [-0.05, 0) is 66.1 Å². The second kappa shape index (κ2) is 15.0. The van der Waals surface area contributed by atoms with Gasteiger partial charge in [-0.3, -0.25) is 14.4 Å². The second-order valence-corrected chi connectivity index (χ2v) is 14.5. The van der Waals surface area contributed by atoms with Crippen LogP contribution in [0.5, 0.6) is 0 Å². The van der Waals surface area contributed by atoms with Crippen LogP contribution >= 0.6 is 12.4 Å². The Labute approximate surface area is 316 Å². The Morgan fingerprint density at radius 2 is 1.72 bits per heavy atom. The number of Topliss-reactive ketones (excluding diaryl/α,β-unsaturated/α-hetero) is 1. The van der Waals surface area contributed by atoms with Gasteiger partial charge in [0.25, 0.3) is 5.92 Å². The average Bonchev–Trinajstić information content (AvgIpc) is 3.97. The van der Waals surface area contributed by atoms with E-state index in [-0.39, 0.29) is 49.4 Å². The summed E-state index contributed by atoms with van der Waals surface area (Å²) in [5.41, 5.74) is 6.02. The molecule has 2 saturated heterocycles. The number of likely N-dealkylation sites (tertiary alicyclic amines) is 1. The van der Waals surface area contributed by atoms with Gasteiger partial charge in [-0.25, -0.2) is 18.6 Å². The topological polar surface area (TPSA) is 150 Å². The van der Waals surface area contributed by atoms with Crippen LogP contribution in [0.1, 0.15) is 61.1 Å². The van der Waals surface area contributed by atoms with Crippen molar-refractivity contribution in [2.24, 2.45) is 5.92 Å². The summed E-state index contributed by atoms with van der Waals surface area (Å²) in [6.45, 7) is 0.409. The monoisotopic (exact) mass is 761 g/mol. The van der Waals surface area contributed by atoms with Crippen molar-refractivity contribution in [1.29, 1.82) is 0 Å². The van der Waals surface area contributed by atoms with Gasteiger partial charge in [-0.2, -0.15) is 0 Å². The SMILES string of the molecule is COC(=O)N[C@H]1CCc2ccn3c2C1C(=O)C[C@H](C(=O)N1CCC[C@H]1C(=O)Nc1ccc(-c2ccc(-c4cnc([C@@H]5CC(F)(F)CN5)[nH]4)cc2)cc1)C3.Cl. The van der Waals surface area contributed by atoms with Gasteiger partial charge in [-0.1, -0.05) is 36.4 Å². The van der Waals surface area contributed by atoms with E-state index >= 15 is 0 Å². The van der Waals surface area contributed by atoms with Gasteiger partial charge in [0.05, 0.1) is 43.4 Å². The number of aryl methyl sites for hydroxylation is 1. The smallest absolute Gasteiger partial charge is 0.407 e. The summed E-state index contributed by atoms with van der Waals surface area (Å²) in [4.78, 5) is 62.6. The number of alkyl carbamates (subject to hydrolysis) is 1. The summed E-state index contributed by atoms with van der Waals surface area (Å²) in [7, 11) is 1.29. The second-order valence-electron chi connectivity index (χ2n) is 14.5. The molecule has 2 fully saturated rings. The average molecular weight is 762 g/mol. The van der Waals surface area contributed by atoms with E-state index in [1.165, 1.54) is 7.11 Å². The zero-order chi connectivity index (χ0) is 36.9. The largest absolute Gasteiger partial charge is 0.453 e. The number of hydrogen-bond acceptors (Lipinski definition) is 7. The number of amides is 3. The van der Waals surface area contributed by atoms with Gasteiger partial charge >= 0.3 is 6.09 Å². The van der Waals surface area contributed by atoms with Crippen molar-refractivity contribution in [2.45, 2.75) is 75.0 Å². The van der Waals surface area contributed by atoms with Crippen molar-refractivity contribution < 1.29 is 32.7 Å². The lowest BCUT2D eigenvalue weighted by Gasteiger charge is -2.31. The lowest BCUT2D eigenvalue weighted by atomic mass is 9.79. The number of methoxy groups -OCH3 is 1. The number of nitrogens with zero attached hydrogens (tertiary/aromatic N) is 3. The molecule has 8 rings (SSSR count). The number of nitrogens with one attached hydrogen (secondary N) is 4. The van der Waals surface area contributed by atoms with Gasteiger partial charge in [-0.15, -0.1) is 12.4 Å². The van der Waals surface area contributed by atoms with Gasteiger partial charge in [0.2, 0.25) is 11.8 Å². The van der Waals surface area contributed by atoms with Gasteiger partial charge < -0.3 is 35.1 Å². The first-order valence-corrected chi connectivity index (χ1v) is 18.1. The van der Waals surface area contributed by atoms with Crippen molar-refractivity contribution >= 4 is 41.8 Å². The molecule has 3 aliphatic heterocycles. The van der Waals surface area contributed by atoms with Crippen LogP contribution in [-0.2, 0) is 32.1 Å². The number of aromatic nitrogens is 3. The van der Waals surface area contributed by atoms with E-state index in [1.54, 1.807) is 11.1 Å². The Hall–Kier alpha value is -5.08. The number of benzene rings is 2. The molecule has 0 spiro atoms. The Morgan fingerprint density at radius 3 is 2.43 bits per heavy atom. The number of alkyl halides is 2. The third-order valence-electron chi connectivity index (χ3n) is 11.1. The summed E-state index contributed by atoms with van der Waals surface area (Å²) in [6, 6.07) is 15.7. The van der Waals surface area contributed by atoms with Crippen LogP contribution in [-0.4, -0.2) is 81.3 Å². The maximum Gasteiger partial charge on any atom is 0.407 e. The van der Waals surface area contributed by atoms with Gasteiger partial charge in [0, 0.05) is 49.6 Å². The third kappa shape index (κ3) is 7.24. The van der Waals surface area contributed by atoms with E-state index in [1.807, 2.05) is 65.4 Å². The summed E-state index contributed by atoms with van der Waals surface area (Å²) < 4.78 is 34.1. The number of hydrogen-bond donors (Lipinski definition) is 4. The molecule has 0 saturated carbocycles. The fraction of sp³-hybridized carbons (Fsp3) is 0.410. The van der Waals surface area contributed by atoms with Crippen LogP contribution in [0.2, 0.25) is 0 Å². The lowest BCUT2D eigenvalue weighted by Crippen LogP contribution is -2.47. The zero-order valence-corrected chi connectivity index (χ0v) is 30.5. The number of anilines is 1. The fourth-order valence-corrected chi connectivity index (χ4v) is 8.45. The molecule has 284 valence electrons. The number of ketones is 1. The summed E-state index contributed by atoms with van der Waals surface area (Å²) in [6.07, 6.45) is 5.24. The minimum absolute atomic E-state index is 0. The maximum absolute atomic E-state index is 14.1. The summed E-state index contributed by atoms with van der Waals surface area (Å²) in [5, 5.41) is 8.63. The predicted octanol–water partition coefficient (Wildman–Crippen LogP) is 5.61. The number of ether oxygens (including phenoxy) is 1. The lowest BCUT2D eigenvalue weighted by molar-refractivity contribution is -0.142. The van der Waals surface area contributed by atoms with Crippen molar-refractivity contribution in [3.63, 3.8) is 0 Å². The van der Waals surface area contributed by atoms with E-state index in [0.717, 1.165) is 33.6 Å². The Kier molecular flexibility index (Phi) is 10.3. The van der Waals surface area contributed by atoms with Crippen molar-refractivity contribution in [3.8, 4) is 22.4 Å². The predicted molar refractivity (Wildman–Crippen MR) is 198 cm³/mol. The molecular weight excluding hydrogens is 720 g/mol. The molecule has 2 aromatic carbocycles. The highest BCUT2D eigenvalue weighted by molar-refractivity contribution is 5.99. The van der Waals surface area contributed by atoms with E-state index in [0.29, 0.717) is 50.3 Å². The van der Waals surface area contributed by atoms with E-state index in [9.17, 15) is 28.0 Å². The van der Waals surface area contributed by atoms with Crippen LogP contribution in [0.3, 0.4) is 0 Å². The van der Waals surface area contributed by atoms with Crippen molar-refractivity contribution in [3.05, 3.63) is 84.1 Å². The van der Waals surface area contributed by atoms with Gasteiger partial charge in [0.1, 0.15) is 17.6 Å². The minimum Gasteiger partial charge on any atom is -0.453 e. The number of halogens is 3. The molecule has 0 bridgehead atoms. The molecule has 3 amide bonds. The van der Waals surface area contributed by atoms with Crippen LogP contribution in [0.15, 0.2) is 67.0 Å². The molecule has 0 radical (unpaired) electrons. The Morgan fingerprint density at radius 1 is 1.00 bits per heavy atom. The molecule has 5 heterocycles. The summed E-state index contributed by atoms with van der Waals surface area (Å²) in [5.74, 6) is -4.02. The highest BCUT2D eigenvalue weighted by Gasteiger charge is 2.45. The molecule has 1 aliphatic carbocycles. The third-order valence-corrected chi connectivity index (χ3v) is 11.1. The van der Waals surface area contributed by atoms with Crippen molar-refractivity contribution in [2.75, 3.05) is 25.5 Å². The highest BCUT2D eigenvalue weighted by Crippen LogP contribution is 2.39. The molecule has 54 heavy (non-hydrogen) atoms. The number of rotatable bonds is 7. The Balaban J connectivity index is 0.00000450. The first-order chi connectivity index (χ1) is 25.6. The van der Waals surface area contributed by atoms with Crippen molar-refractivity contribution in [1.82, 2.24) is 30.1 Å². The number of imidazole rings is 1. The standard InChI is InChI=1S/C39H41F2N7O5.ClH/c1-53-38(52)46-28-13-10-25-14-16-47-20-26(17-32(49)33(28)34(25)47)37(51)48-15-2-3-31(48)36(50)44-27-11-8-23(9-12-27)22-4-6-24(7-5-22)30-19-42-35(45-30)29-18-39(40,41)21-43-29;/h4-9,11-12,14,16,19,26,28-29,31,33,43H,2-3,10,13,15,17-18,20-21H2,1H3,(H,42,45)(H,44,50)(H,46,52);1H/t26-,28-,29-,31-,33?;/m0./s1. The Bertz CT molecular complexity index is 2050. The molecule has 4 N–H and O–H groups in total. The van der Waals surface area contributed by atoms with Gasteiger partial charge in [0.15, 0.2) is 0 Å². The number of H-pyrrole nitrogens is 1. The van der Waals surface area contributed by atoms with E-state index < -0.39 is 42.0 Å². The zero-order valence-electron chi connectivity index (χ0n) is 29.6. The molecule has 5 atom stereocenters. The van der Waals surface area contributed by atoms with E-state index in [2.05, 4.69) is 25.9 Å². The molecule has 1 unspecified atom stereocenters. The molecule has 15 heteroatoms. The molecule has 4 aliphatic rings. The highest BCUT2D eigenvalue weighted by atomic mass is 35.5. The summed E-state index contributed by atoms with van der Waals surface area (Å²) >= 11 is 0. The first kappa shape index (κ1) is 37.2. The molecule has 2 aromatic heterocycles. The number of carbonyl (C=O) groups excluding carboxylic acids is 4. The molecule has 4 aromatic rings. The van der Waals surface area contributed by atoms with Crippen LogP contribution in [0.4, 0.5) is 19.3 Å². The first-order valence-electron chi connectivity index (χ1n) is 18.1. The minimum atomic E-state index is -2.74.